The normalized spacial score (nSPS) is 14.2. The molecule has 0 atom stereocenters. The van der Waals surface area contributed by atoms with Crippen LogP contribution in [0.4, 0.5) is 79.0 Å². The second kappa shape index (κ2) is 25.1. The highest BCUT2D eigenvalue weighted by atomic mass is 32.2. The van der Waals surface area contributed by atoms with Crippen molar-refractivity contribution < 1.29 is 155 Å². The van der Waals surface area contributed by atoms with Crippen molar-refractivity contribution >= 4 is 126 Å². The first-order valence-corrected chi connectivity index (χ1v) is 37.8. The van der Waals surface area contributed by atoms with Crippen molar-refractivity contribution in [2.24, 2.45) is 0 Å². The molecule has 0 saturated carbocycles. The molecule has 0 radical (unpaired) electrons. The number of nitrogens with zero attached hydrogens (tertiary/aromatic N) is 3. The minimum absolute atomic E-state index is 0.233. The standard InChI is InChI=1S/C63H33F18N3O18S6/c64-58(65,66)103(85,86)97-52-25-46-40-19-31(52)16-33-21-42-44-23-35(56(101-107(93,94)62(76,77)78)29-50(44)83(38-12-6-2-7-13-38)48(42)27-54(33)99-105(89,90)60(70,71)72)18-36-24-45-43-22-34(17-32-20-41(40)47(82(46)37-10-4-1-5-11-37)26-53(32)98-104(87,88)59(67,68)69)55(100-106(91,92)61(73,74)75)28-49(43)84(39-14-8-3-9-15-39)51(45)30-57(36)102-108(95,96)63(79,80)81/h1-15,19-30H,16-18H2. The lowest BCUT2D eigenvalue weighted by Gasteiger charge is -2.17. The van der Waals surface area contributed by atoms with Crippen LogP contribution in [0.15, 0.2) is 164 Å². The predicted octanol–water partition coefficient (Wildman–Crippen LogP) is 15.4. The van der Waals surface area contributed by atoms with Gasteiger partial charge in [0.05, 0.1) is 33.1 Å². The van der Waals surface area contributed by atoms with E-state index in [1.165, 1.54) is 91.0 Å². The molecule has 1 aliphatic rings. The minimum Gasteiger partial charge on any atom is -0.376 e. The van der Waals surface area contributed by atoms with Crippen molar-refractivity contribution in [1.82, 2.24) is 13.7 Å². The summed E-state index contributed by atoms with van der Waals surface area (Å²) in [7, 11) is -42.2. The van der Waals surface area contributed by atoms with Crippen molar-refractivity contribution in [2.45, 2.75) is 52.3 Å². The fourth-order valence-electron chi connectivity index (χ4n) is 11.9. The number of rotatable bonds is 15. The van der Waals surface area contributed by atoms with E-state index in [0.717, 1.165) is 13.7 Å². The van der Waals surface area contributed by atoms with Gasteiger partial charge in [-0.25, -0.2) is 0 Å². The van der Waals surface area contributed by atoms with Crippen LogP contribution in [0.5, 0.6) is 34.5 Å². The molecule has 12 aromatic rings. The highest BCUT2D eigenvalue weighted by Gasteiger charge is 2.54. The number of benzene rings is 9. The van der Waals surface area contributed by atoms with Gasteiger partial charge in [0.1, 0.15) is 34.5 Å². The molecule has 45 heteroatoms. The molecule has 3 heterocycles. The lowest BCUT2D eigenvalue weighted by atomic mass is 9.97. The van der Waals surface area contributed by atoms with E-state index >= 15 is 0 Å². The Morgan fingerprint density at radius 1 is 0.222 bits per heavy atom. The zero-order valence-electron chi connectivity index (χ0n) is 52.2. The van der Waals surface area contributed by atoms with Crippen molar-refractivity contribution in [3.63, 3.8) is 0 Å². The Morgan fingerprint density at radius 2 is 0.361 bits per heavy atom. The quantitative estimate of drug-likeness (QED) is 0.0524. The van der Waals surface area contributed by atoms with E-state index in [1.807, 2.05) is 0 Å². The molecule has 13 rings (SSSR count). The van der Waals surface area contributed by atoms with Gasteiger partial charge in [-0.05, 0) is 72.8 Å². The first kappa shape index (κ1) is 75.8. The topological polar surface area (TPSA) is 275 Å². The van der Waals surface area contributed by atoms with Crippen LogP contribution in [0.1, 0.15) is 33.4 Å². The maximum absolute atomic E-state index is 14.7. The van der Waals surface area contributed by atoms with Crippen LogP contribution in [0, 0.1) is 0 Å². The van der Waals surface area contributed by atoms with Gasteiger partial charge in [-0.3, -0.25) is 0 Å². The van der Waals surface area contributed by atoms with Crippen LogP contribution in [-0.2, 0) is 80.0 Å². The Kier molecular flexibility index (Phi) is 17.6. The fourth-order valence-corrected chi connectivity index (χ4v) is 14.9. The zero-order valence-corrected chi connectivity index (χ0v) is 57.1. The van der Waals surface area contributed by atoms with Crippen molar-refractivity contribution in [2.75, 3.05) is 0 Å². The first-order valence-electron chi connectivity index (χ1n) is 29.4. The maximum atomic E-state index is 14.7. The largest absolute Gasteiger partial charge is 0.534 e. The van der Waals surface area contributed by atoms with Crippen LogP contribution < -0.4 is 25.1 Å². The van der Waals surface area contributed by atoms with Crippen molar-refractivity contribution in [3.8, 4) is 51.6 Å². The van der Waals surface area contributed by atoms with E-state index in [0.29, 0.717) is 72.8 Å². The molecule has 0 spiro atoms. The van der Waals surface area contributed by atoms with E-state index in [2.05, 4.69) is 0 Å². The molecule has 0 fully saturated rings. The molecule has 3 aromatic heterocycles. The lowest BCUT2D eigenvalue weighted by Crippen LogP contribution is -2.28. The summed E-state index contributed by atoms with van der Waals surface area (Å²) in [6.45, 7) is 0. The molecule has 108 heavy (non-hydrogen) atoms. The molecular formula is C63H33F18N3O18S6. The second-order valence-electron chi connectivity index (χ2n) is 23.3. The molecule has 0 saturated heterocycles. The molecule has 1 aliphatic carbocycles. The molecule has 12 bridgehead atoms. The van der Waals surface area contributed by atoms with E-state index in [9.17, 15) is 130 Å². The summed E-state index contributed by atoms with van der Waals surface area (Å²) in [5.74, 6) is -9.15. The summed E-state index contributed by atoms with van der Waals surface area (Å²) in [4.78, 5) is 0. The van der Waals surface area contributed by atoms with Crippen LogP contribution in [0.3, 0.4) is 0 Å². The lowest BCUT2D eigenvalue weighted by molar-refractivity contribution is -0.0505. The number of hydrogen-bond acceptors (Lipinski definition) is 18. The maximum Gasteiger partial charge on any atom is 0.534 e. The van der Waals surface area contributed by atoms with Gasteiger partial charge in [0.15, 0.2) is 0 Å². The number of hydrogen-bond donors (Lipinski definition) is 0. The van der Waals surface area contributed by atoms with Gasteiger partial charge >= 0.3 is 93.8 Å². The summed E-state index contributed by atoms with van der Waals surface area (Å²) < 4.78 is 455. The monoisotopic (exact) mass is 1650 g/mol. The molecule has 0 aliphatic heterocycles. The number of aromatic nitrogens is 3. The van der Waals surface area contributed by atoms with Crippen LogP contribution in [0.2, 0.25) is 0 Å². The van der Waals surface area contributed by atoms with Crippen molar-refractivity contribution in [3.05, 3.63) is 197 Å². The minimum atomic E-state index is -7.03. The predicted molar refractivity (Wildman–Crippen MR) is 344 cm³/mol. The first-order chi connectivity index (χ1) is 49.8. The van der Waals surface area contributed by atoms with Crippen LogP contribution in [0.25, 0.3) is 82.5 Å². The summed E-state index contributed by atoms with van der Waals surface area (Å²) in [6, 6.07) is 25.2. The third kappa shape index (κ3) is 13.3. The van der Waals surface area contributed by atoms with Crippen LogP contribution >= 0.6 is 0 Å². The number of alkyl halides is 18. The van der Waals surface area contributed by atoms with Gasteiger partial charge in [0.2, 0.25) is 0 Å². The molecule has 570 valence electrons. The second-order valence-corrected chi connectivity index (χ2v) is 32.5. The summed E-state index contributed by atoms with van der Waals surface area (Å²) in [6.07, 6.45) is -4.47. The number of para-hydroxylation sites is 3. The van der Waals surface area contributed by atoms with E-state index in [4.69, 9.17) is 25.1 Å². The van der Waals surface area contributed by atoms with Gasteiger partial charge in [-0.1, -0.05) is 54.6 Å². The molecule has 9 aromatic carbocycles. The molecule has 0 amide bonds. The van der Waals surface area contributed by atoms with E-state index < -0.39 is 246 Å². The third-order valence-corrected chi connectivity index (χ3v) is 22.3. The molecule has 0 unspecified atom stereocenters. The summed E-state index contributed by atoms with van der Waals surface area (Å²) in [5, 5.41) is -3.21. The number of halogens is 18. The van der Waals surface area contributed by atoms with Gasteiger partial charge in [0, 0.05) is 138 Å². The van der Waals surface area contributed by atoms with Crippen molar-refractivity contribution in [1.29, 1.82) is 0 Å². The van der Waals surface area contributed by atoms with Gasteiger partial charge in [0.25, 0.3) is 0 Å². The number of fused-ring (bicyclic) bond motifs is 6. The van der Waals surface area contributed by atoms with E-state index in [-0.39, 0.29) is 17.1 Å². The van der Waals surface area contributed by atoms with E-state index in [1.54, 1.807) is 0 Å². The molecular weight excluding hydrogens is 1620 g/mol. The summed E-state index contributed by atoms with van der Waals surface area (Å²) in [5.41, 5.74) is -49.3. The highest BCUT2D eigenvalue weighted by molar-refractivity contribution is 7.89. The Hall–Kier alpha value is -10.4. The third-order valence-electron chi connectivity index (χ3n) is 16.5. The molecule has 21 nitrogen and oxygen atoms in total. The van der Waals surface area contributed by atoms with Gasteiger partial charge < -0.3 is 38.8 Å². The SMILES string of the molecule is O=S(=O)(Oc1cc2c3cc1Cc1cc4c5cc(c(OS(=O)(=O)C(F)(F)F)cc5n(-c5ccccc5)c4cc1OS(=O)(=O)C(F)(F)F)Cc1cc4c5cc(c(OS(=O)(=O)C(F)(F)F)cc5n(-c5ccccc5)c4cc1OS(=O)(=O)C(F)(F)F)Cc1cc3c(cc1OS(=O)(=O)C(F)(F)F)n2-c1ccccc1)C(F)(F)F. The zero-order chi connectivity index (χ0) is 78.8. The Labute approximate surface area is 592 Å². The van der Waals surface area contributed by atoms with Gasteiger partial charge in [-0.15, -0.1) is 0 Å². The average molecular weight is 1650 g/mol. The Bertz CT molecular complexity index is 5570. The Balaban J connectivity index is 1.28. The molecule has 0 N–H and O–H groups in total. The summed E-state index contributed by atoms with van der Waals surface area (Å²) >= 11 is 0. The fraction of sp³-hybridized carbons (Fsp3) is 0.143. The van der Waals surface area contributed by atoms with Crippen LogP contribution in [-0.4, -0.2) is 97.3 Å². The Morgan fingerprint density at radius 3 is 0.491 bits per heavy atom. The highest BCUT2D eigenvalue weighted by Crippen LogP contribution is 2.50. The average Bonchev–Trinajstić information content (AvgIpc) is 1.57. The smallest absolute Gasteiger partial charge is 0.376 e. The van der Waals surface area contributed by atoms with Gasteiger partial charge in [-0.2, -0.15) is 130 Å².